The average Bonchev–Trinajstić information content (AvgIpc) is 3.31. The summed E-state index contributed by atoms with van der Waals surface area (Å²) < 4.78 is 0. The van der Waals surface area contributed by atoms with E-state index in [1.807, 2.05) is 36.5 Å². The molecule has 4 rings (SSSR count). The number of anilines is 2. The highest BCUT2D eigenvalue weighted by atomic mass is 16.2. The first-order valence-corrected chi connectivity index (χ1v) is 9.65. The molecular weight excluding hydrogens is 394 g/mol. The summed E-state index contributed by atoms with van der Waals surface area (Å²) in [5.74, 6) is -0.301. The van der Waals surface area contributed by atoms with Crippen LogP contribution in [0.3, 0.4) is 0 Å². The number of carbonyl (C=O) groups excluding carboxylic acids is 3. The predicted molar refractivity (Wildman–Crippen MR) is 120 cm³/mol. The van der Waals surface area contributed by atoms with Gasteiger partial charge in [0.1, 0.15) is 0 Å². The molecule has 3 aromatic rings. The molecule has 0 unspecified atom stereocenters. The van der Waals surface area contributed by atoms with Gasteiger partial charge in [-0.25, -0.2) is 4.79 Å². The Morgan fingerprint density at radius 1 is 1.10 bits per heavy atom. The van der Waals surface area contributed by atoms with Gasteiger partial charge in [-0.05, 0) is 53.1 Å². The molecule has 2 heterocycles. The average molecular weight is 415 g/mol. The number of hydrogen-bond acceptors (Lipinski definition) is 3. The van der Waals surface area contributed by atoms with Gasteiger partial charge in [0.25, 0.3) is 5.91 Å². The van der Waals surface area contributed by atoms with Crippen LogP contribution in [0, 0.1) is 0 Å². The van der Waals surface area contributed by atoms with Crippen molar-refractivity contribution in [1.29, 1.82) is 0 Å². The number of nitrogens with two attached hydrogens (primary N) is 1. The van der Waals surface area contributed by atoms with Gasteiger partial charge >= 0.3 is 6.03 Å². The van der Waals surface area contributed by atoms with Gasteiger partial charge in [0, 0.05) is 42.3 Å². The smallest absolute Gasteiger partial charge is 0.316 e. The minimum atomic E-state index is -0.669. The van der Waals surface area contributed by atoms with Crippen molar-refractivity contribution in [1.82, 2.24) is 10.3 Å². The molecule has 4 amide bonds. The Kier molecular flexibility index (Phi) is 5.28. The summed E-state index contributed by atoms with van der Waals surface area (Å²) in [7, 11) is 0. The molecule has 8 nitrogen and oxygen atoms in total. The van der Waals surface area contributed by atoms with Crippen molar-refractivity contribution in [3.8, 4) is 11.1 Å². The van der Waals surface area contributed by atoms with E-state index in [1.165, 1.54) is 6.92 Å². The fourth-order valence-corrected chi connectivity index (χ4v) is 3.46. The molecule has 0 saturated heterocycles. The Labute approximate surface area is 178 Å². The molecule has 8 heteroatoms. The summed E-state index contributed by atoms with van der Waals surface area (Å²) in [6.07, 6.45) is 3.63. The minimum Gasteiger partial charge on any atom is -0.361 e. The summed E-state index contributed by atoms with van der Waals surface area (Å²) in [6.45, 7) is 1.95. The van der Waals surface area contributed by atoms with E-state index in [4.69, 9.17) is 5.73 Å². The lowest BCUT2D eigenvalue weighted by Crippen LogP contribution is -2.19. The maximum Gasteiger partial charge on any atom is 0.316 e. The number of H-pyrrole nitrogens is 1. The zero-order valence-corrected chi connectivity index (χ0v) is 16.8. The molecule has 2 aromatic carbocycles. The van der Waals surface area contributed by atoms with Gasteiger partial charge in [-0.15, -0.1) is 0 Å². The molecule has 156 valence electrons. The summed E-state index contributed by atoms with van der Waals surface area (Å²) in [5, 5.41) is 8.13. The van der Waals surface area contributed by atoms with Crippen LogP contribution in [0.1, 0.15) is 23.7 Å². The van der Waals surface area contributed by atoms with Gasteiger partial charge in [-0.2, -0.15) is 0 Å². The molecule has 1 aliphatic rings. The van der Waals surface area contributed by atoms with E-state index in [9.17, 15) is 14.4 Å². The number of rotatable bonds is 5. The summed E-state index contributed by atoms with van der Waals surface area (Å²) in [5.41, 5.74) is 11.2. The fourth-order valence-electron chi connectivity index (χ4n) is 3.46. The molecular formula is C23H21N5O3. The van der Waals surface area contributed by atoms with E-state index < -0.39 is 6.03 Å². The van der Waals surface area contributed by atoms with Gasteiger partial charge in [-0.1, -0.05) is 18.2 Å². The van der Waals surface area contributed by atoms with Gasteiger partial charge < -0.3 is 26.7 Å². The van der Waals surface area contributed by atoms with E-state index in [2.05, 4.69) is 20.9 Å². The normalized spacial score (nSPS) is 13.6. The highest BCUT2D eigenvalue weighted by Gasteiger charge is 2.24. The molecule has 0 radical (unpaired) electrons. The lowest BCUT2D eigenvalue weighted by atomic mass is 10.0. The van der Waals surface area contributed by atoms with Crippen LogP contribution < -0.4 is 21.7 Å². The third-order valence-corrected chi connectivity index (χ3v) is 4.88. The van der Waals surface area contributed by atoms with Gasteiger partial charge in [0.05, 0.1) is 5.57 Å². The van der Waals surface area contributed by atoms with Crippen molar-refractivity contribution < 1.29 is 14.4 Å². The maximum atomic E-state index is 12.5. The second kappa shape index (κ2) is 8.19. The van der Waals surface area contributed by atoms with Crippen molar-refractivity contribution in [2.24, 2.45) is 5.73 Å². The monoisotopic (exact) mass is 415 g/mol. The van der Waals surface area contributed by atoms with Crippen LogP contribution in [-0.4, -0.2) is 22.8 Å². The zero-order valence-electron chi connectivity index (χ0n) is 16.8. The van der Waals surface area contributed by atoms with Gasteiger partial charge in [0.15, 0.2) is 0 Å². The highest BCUT2D eigenvalue weighted by molar-refractivity contribution is 6.35. The second-order valence-corrected chi connectivity index (χ2v) is 7.22. The van der Waals surface area contributed by atoms with Crippen molar-refractivity contribution >= 4 is 40.9 Å². The number of aromatic nitrogens is 1. The second-order valence-electron chi connectivity index (χ2n) is 7.22. The first kappa shape index (κ1) is 20.0. The first-order chi connectivity index (χ1) is 14.9. The number of aromatic amines is 1. The number of nitrogens with one attached hydrogen (secondary N) is 4. The van der Waals surface area contributed by atoms with Crippen LogP contribution in [-0.2, 0) is 16.1 Å². The minimum absolute atomic E-state index is 0.0785. The molecule has 6 N–H and O–H groups in total. The van der Waals surface area contributed by atoms with E-state index in [1.54, 1.807) is 24.3 Å². The van der Waals surface area contributed by atoms with E-state index >= 15 is 0 Å². The number of primary amides is 1. The Hall–Kier alpha value is -4.33. The van der Waals surface area contributed by atoms with Crippen LogP contribution in [0.15, 0.2) is 54.7 Å². The zero-order chi connectivity index (χ0) is 22.0. The first-order valence-electron chi connectivity index (χ1n) is 9.65. The largest absolute Gasteiger partial charge is 0.361 e. The fraction of sp³-hybridized carbons (Fsp3) is 0.0870. The van der Waals surface area contributed by atoms with Crippen LogP contribution in [0.4, 0.5) is 16.2 Å². The lowest BCUT2D eigenvalue weighted by Gasteiger charge is -2.05. The van der Waals surface area contributed by atoms with E-state index in [-0.39, 0.29) is 11.8 Å². The molecule has 1 aliphatic heterocycles. The molecule has 0 atom stereocenters. The number of carbonyl (C=O) groups is 3. The third-order valence-electron chi connectivity index (χ3n) is 4.88. The van der Waals surface area contributed by atoms with Crippen LogP contribution in [0.2, 0.25) is 0 Å². The summed E-state index contributed by atoms with van der Waals surface area (Å²) >= 11 is 0. The molecule has 0 fully saturated rings. The maximum absolute atomic E-state index is 12.5. The summed E-state index contributed by atoms with van der Waals surface area (Å²) in [6, 6.07) is 14.3. The quantitative estimate of drug-likeness (QED) is 0.410. The number of amides is 4. The molecule has 0 aliphatic carbocycles. The lowest BCUT2D eigenvalue weighted by molar-refractivity contribution is -0.119. The van der Waals surface area contributed by atoms with Gasteiger partial charge in [-0.3, -0.25) is 9.59 Å². The van der Waals surface area contributed by atoms with E-state index in [0.717, 1.165) is 22.4 Å². The molecule has 1 aromatic heterocycles. The topological polar surface area (TPSA) is 129 Å². The molecule has 0 saturated carbocycles. The van der Waals surface area contributed by atoms with Crippen LogP contribution in [0.5, 0.6) is 0 Å². The van der Waals surface area contributed by atoms with Gasteiger partial charge in [0.2, 0.25) is 5.91 Å². The SMILES string of the molecule is CC(=O)NCc1cccc(-c2c[nH]c(C=C3C(=O)Nc4ccc(NC(N)=O)cc43)c2)c1. The Morgan fingerprint density at radius 3 is 2.71 bits per heavy atom. The number of urea groups is 1. The van der Waals surface area contributed by atoms with Crippen molar-refractivity contribution in [2.45, 2.75) is 13.5 Å². The van der Waals surface area contributed by atoms with Crippen LogP contribution in [0.25, 0.3) is 22.8 Å². The Balaban J connectivity index is 1.61. The predicted octanol–water partition coefficient (Wildman–Crippen LogP) is 3.30. The van der Waals surface area contributed by atoms with Crippen molar-refractivity contribution in [3.63, 3.8) is 0 Å². The molecule has 31 heavy (non-hydrogen) atoms. The van der Waals surface area contributed by atoms with Crippen LogP contribution >= 0.6 is 0 Å². The number of hydrogen-bond donors (Lipinski definition) is 5. The van der Waals surface area contributed by atoms with E-state index in [0.29, 0.717) is 29.1 Å². The Morgan fingerprint density at radius 2 is 1.94 bits per heavy atom. The van der Waals surface area contributed by atoms with Crippen molar-refractivity contribution in [3.05, 3.63) is 71.5 Å². The number of fused-ring (bicyclic) bond motifs is 1. The summed E-state index contributed by atoms with van der Waals surface area (Å²) in [4.78, 5) is 37.9. The standard InChI is InChI=1S/C23H21N5O3/c1-13(29)25-11-14-3-2-4-15(7-14)16-8-18(26-12-16)10-20-19-9-17(27-23(24)31)5-6-21(19)28-22(20)30/h2-10,12,26H,11H2,1H3,(H,25,29)(H,28,30)(H3,24,27,31). The Bertz CT molecular complexity index is 1230. The molecule has 0 bridgehead atoms. The molecule has 0 spiro atoms. The number of benzene rings is 2. The third kappa shape index (κ3) is 4.48. The van der Waals surface area contributed by atoms with Crippen molar-refractivity contribution in [2.75, 3.05) is 10.6 Å². The highest BCUT2D eigenvalue weighted by Crippen LogP contribution is 2.35.